The maximum atomic E-state index is 14.0. The zero-order chi connectivity index (χ0) is 14.1. The number of nitrogen functional groups attached to an aromatic ring is 1. The van der Waals surface area contributed by atoms with E-state index in [1.54, 1.807) is 29.4 Å². The van der Waals surface area contributed by atoms with Crippen LogP contribution in [0.3, 0.4) is 0 Å². The number of benzene rings is 1. The molecule has 2 heterocycles. The smallest absolute Gasteiger partial charge is 0.147 e. The number of nitrogens with zero attached hydrogens (tertiary/aromatic N) is 4. The predicted octanol–water partition coefficient (Wildman–Crippen LogP) is 2.48. The van der Waals surface area contributed by atoms with E-state index >= 15 is 0 Å². The third-order valence-electron chi connectivity index (χ3n) is 3.12. The number of rotatable bonds is 3. The minimum atomic E-state index is -0.346. The van der Waals surface area contributed by atoms with Gasteiger partial charge in [-0.1, -0.05) is 0 Å². The summed E-state index contributed by atoms with van der Waals surface area (Å²) in [6.07, 6.45) is 6.88. The second-order valence-electron chi connectivity index (χ2n) is 4.44. The summed E-state index contributed by atoms with van der Waals surface area (Å²) >= 11 is 0. The maximum Gasteiger partial charge on any atom is 0.147 e. The Hall–Kier alpha value is -2.63. The topological polar surface area (TPSA) is 61.7 Å². The molecule has 0 unspecified atom stereocenters. The van der Waals surface area contributed by atoms with E-state index in [1.165, 1.54) is 12.1 Å². The van der Waals surface area contributed by atoms with E-state index in [0.717, 1.165) is 17.8 Å². The van der Waals surface area contributed by atoms with Crippen LogP contribution in [0, 0.1) is 5.82 Å². The van der Waals surface area contributed by atoms with Gasteiger partial charge >= 0.3 is 0 Å². The first-order valence-electron chi connectivity index (χ1n) is 6.29. The first kappa shape index (κ1) is 12.4. The highest BCUT2D eigenvalue weighted by Gasteiger charge is 2.12. The summed E-state index contributed by atoms with van der Waals surface area (Å²) in [6, 6.07) is 4.47. The van der Waals surface area contributed by atoms with E-state index in [0.29, 0.717) is 11.4 Å². The fourth-order valence-corrected chi connectivity index (χ4v) is 2.08. The van der Waals surface area contributed by atoms with E-state index in [1.807, 2.05) is 17.8 Å². The second kappa shape index (κ2) is 4.80. The maximum absolute atomic E-state index is 14.0. The van der Waals surface area contributed by atoms with Gasteiger partial charge in [0.15, 0.2) is 0 Å². The van der Waals surface area contributed by atoms with Crippen LogP contribution < -0.4 is 5.73 Å². The highest BCUT2D eigenvalue weighted by atomic mass is 19.1. The molecule has 0 saturated carbocycles. The molecule has 0 atom stereocenters. The summed E-state index contributed by atoms with van der Waals surface area (Å²) in [5, 5.41) is 4.22. The van der Waals surface area contributed by atoms with Crippen molar-refractivity contribution in [2.45, 2.75) is 13.5 Å². The van der Waals surface area contributed by atoms with E-state index in [-0.39, 0.29) is 5.82 Å². The Morgan fingerprint density at radius 2 is 2.15 bits per heavy atom. The SMILES string of the molecule is CCn1cc(-c2cncn2-c2cc(N)ccc2F)cn1. The van der Waals surface area contributed by atoms with Crippen molar-refractivity contribution in [3.63, 3.8) is 0 Å². The normalized spacial score (nSPS) is 10.9. The van der Waals surface area contributed by atoms with E-state index in [2.05, 4.69) is 10.1 Å². The minimum Gasteiger partial charge on any atom is -0.399 e. The molecule has 3 aromatic rings. The van der Waals surface area contributed by atoms with Gasteiger partial charge < -0.3 is 5.73 Å². The first-order chi connectivity index (χ1) is 9.69. The third-order valence-corrected chi connectivity index (χ3v) is 3.12. The Balaban J connectivity index is 2.12. The van der Waals surface area contributed by atoms with Crippen molar-refractivity contribution in [3.05, 3.63) is 48.9 Å². The fraction of sp³-hybridized carbons (Fsp3) is 0.143. The molecule has 0 bridgehead atoms. The molecule has 2 N–H and O–H groups in total. The molecular formula is C14H14FN5. The summed E-state index contributed by atoms with van der Waals surface area (Å²) in [6.45, 7) is 2.78. The van der Waals surface area contributed by atoms with Gasteiger partial charge in [0.25, 0.3) is 0 Å². The largest absolute Gasteiger partial charge is 0.399 e. The Bertz CT molecular complexity index is 744. The van der Waals surface area contributed by atoms with Crippen LogP contribution in [0.15, 0.2) is 43.1 Å². The van der Waals surface area contributed by atoms with Crippen molar-refractivity contribution in [1.29, 1.82) is 0 Å². The number of hydrogen-bond donors (Lipinski definition) is 1. The molecule has 102 valence electrons. The molecule has 6 heteroatoms. The van der Waals surface area contributed by atoms with Crippen molar-refractivity contribution >= 4 is 5.69 Å². The summed E-state index contributed by atoms with van der Waals surface area (Å²) in [7, 11) is 0. The van der Waals surface area contributed by atoms with Crippen LogP contribution in [0.5, 0.6) is 0 Å². The van der Waals surface area contributed by atoms with Crippen molar-refractivity contribution in [3.8, 4) is 16.9 Å². The predicted molar refractivity (Wildman–Crippen MR) is 74.8 cm³/mol. The monoisotopic (exact) mass is 271 g/mol. The van der Waals surface area contributed by atoms with Gasteiger partial charge in [-0.25, -0.2) is 9.37 Å². The van der Waals surface area contributed by atoms with E-state index in [9.17, 15) is 4.39 Å². The van der Waals surface area contributed by atoms with Crippen LogP contribution in [-0.2, 0) is 6.54 Å². The molecular weight excluding hydrogens is 257 g/mol. The number of imidazole rings is 1. The van der Waals surface area contributed by atoms with Crippen molar-refractivity contribution in [2.24, 2.45) is 0 Å². The molecule has 3 rings (SSSR count). The number of anilines is 1. The molecule has 0 aliphatic carbocycles. The van der Waals surface area contributed by atoms with Gasteiger partial charge in [-0.05, 0) is 25.1 Å². The van der Waals surface area contributed by atoms with Gasteiger partial charge in [0.1, 0.15) is 5.82 Å². The highest BCUT2D eigenvalue weighted by molar-refractivity contribution is 5.61. The van der Waals surface area contributed by atoms with Crippen LogP contribution >= 0.6 is 0 Å². The number of halogens is 1. The zero-order valence-corrected chi connectivity index (χ0v) is 11.0. The quantitative estimate of drug-likeness (QED) is 0.744. The Morgan fingerprint density at radius 1 is 1.30 bits per heavy atom. The Kier molecular flexibility index (Phi) is 2.98. The van der Waals surface area contributed by atoms with Crippen LogP contribution in [0.1, 0.15) is 6.92 Å². The summed E-state index contributed by atoms with van der Waals surface area (Å²) < 4.78 is 17.5. The highest BCUT2D eigenvalue weighted by Crippen LogP contribution is 2.25. The average molecular weight is 271 g/mol. The molecule has 1 aromatic carbocycles. The third kappa shape index (κ3) is 2.05. The number of hydrogen-bond acceptors (Lipinski definition) is 3. The van der Waals surface area contributed by atoms with Crippen LogP contribution in [0.2, 0.25) is 0 Å². The van der Waals surface area contributed by atoms with Crippen LogP contribution in [0.4, 0.5) is 10.1 Å². The molecule has 0 radical (unpaired) electrons. The van der Waals surface area contributed by atoms with Crippen molar-refractivity contribution < 1.29 is 4.39 Å². The van der Waals surface area contributed by atoms with E-state index in [4.69, 9.17) is 5.73 Å². The average Bonchev–Trinajstić information content (AvgIpc) is 3.08. The van der Waals surface area contributed by atoms with E-state index < -0.39 is 0 Å². The number of aryl methyl sites for hydroxylation is 1. The lowest BCUT2D eigenvalue weighted by Gasteiger charge is -2.08. The van der Waals surface area contributed by atoms with Gasteiger partial charge in [-0.2, -0.15) is 5.10 Å². The molecule has 0 saturated heterocycles. The van der Waals surface area contributed by atoms with Gasteiger partial charge in [0.2, 0.25) is 0 Å². The molecule has 20 heavy (non-hydrogen) atoms. The molecule has 5 nitrogen and oxygen atoms in total. The zero-order valence-electron chi connectivity index (χ0n) is 11.0. The van der Waals surface area contributed by atoms with Gasteiger partial charge in [0, 0.05) is 24.0 Å². The van der Waals surface area contributed by atoms with Gasteiger partial charge in [-0.3, -0.25) is 9.25 Å². The minimum absolute atomic E-state index is 0.346. The Morgan fingerprint density at radius 3 is 2.90 bits per heavy atom. The fourth-order valence-electron chi connectivity index (χ4n) is 2.08. The number of nitrogens with two attached hydrogens (primary N) is 1. The lowest BCUT2D eigenvalue weighted by molar-refractivity contribution is 0.619. The van der Waals surface area contributed by atoms with Crippen molar-refractivity contribution in [1.82, 2.24) is 19.3 Å². The molecule has 0 amide bonds. The second-order valence-corrected chi connectivity index (χ2v) is 4.44. The lowest BCUT2D eigenvalue weighted by Crippen LogP contribution is -2.00. The standard InChI is InChI=1S/C14H14FN5/c1-2-19-8-10(6-18-19)14-7-17-9-20(14)13-5-11(16)3-4-12(13)15/h3-9H,2,16H2,1H3. The molecule has 0 aliphatic heterocycles. The van der Waals surface area contributed by atoms with Crippen LogP contribution in [0.25, 0.3) is 16.9 Å². The Labute approximate surface area is 115 Å². The summed E-state index contributed by atoms with van der Waals surface area (Å²) in [5.74, 6) is -0.346. The first-order valence-corrected chi connectivity index (χ1v) is 6.29. The lowest BCUT2D eigenvalue weighted by atomic mass is 10.2. The molecule has 0 fully saturated rings. The summed E-state index contributed by atoms with van der Waals surface area (Å²) in [4.78, 5) is 4.10. The van der Waals surface area contributed by atoms with Crippen molar-refractivity contribution in [2.75, 3.05) is 5.73 Å². The molecule has 0 aliphatic rings. The van der Waals surface area contributed by atoms with Gasteiger partial charge in [-0.15, -0.1) is 0 Å². The molecule has 0 spiro atoms. The summed E-state index contributed by atoms with van der Waals surface area (Å²) in [5.41, 5.74) is 8.27. The molecule has 2 aromatic heterocycles. The van der Waals surface area contributed by atoms with Gasteiger partial charge in [0.05, 0.1) is 30.1 Å². The number of aromatic nitrogens is 4. The van der Waals surface area contributed by atoms with Crippen LogP contribution in [-0.4, -0.2) is 19.3 Å².